The van der Waals surface area contributed by atoms with Gasteiger partial charge in [-0.2, -0.15) is 12.4 Å². The second kappa shape index (κ2) is 22.1. The summed E-state index contributed by atoms with van der Waals surface area (Å²) in [5.41, 5.74) is 5.38. The summed E-state index contributed by atoms with van der Waals surface area (Å²) in [6, 6.07) is 26.9. The zero-order valence-electron chi connectivity index (χ0n) is 39.5. The average molecular weight is 973 g/mol. The van der Waals surface area contributed by atoms with E-state index < -0.39 is 35.1 Å². The fourth-order valence-corrected chi connectivity index (χ4v) is 13.0. The molecule has 69 heavy (non-hydrogen) atoms. The van der Waals surface area contributed by atoms with Gasteiger partial charge in [0.1, 0.15) is 18.3 Å². The second-order valence-electron chi connectivity index (χ2n) is 18.4. The number of phenolic OH excluding ortho intramolecular Hbond substituents is 2. The number of benzene rings is 5. The normalized spacial score (nSPS) is 20.2. The van der Waals surface area contributed by atoms with E-state index in [2.05, 4.69) is 46.8 Å². The Morgan fingerprint density at radius 2 is 1.84 bits per heavy atom. The number of aromatic nitrogens is 1. The molecule has 0 radical (unpaired) electrons. The molecule has 8 rings (SSSR count). The van der Waals surface area contributed by atoms with Gasteiger partial charge in [-0.05, 0) is 114 Å². The number of fused-ring (bicyclic) bond motifs is 1. The molecule has 0 fully saturated rings. The summed E-state index contributed by atoms with van der Waals surface area (Å²) in [6.07, 6.45) is 8.20. The Balaban J connectivity index is 1.22. The third-order valence-corrected chi connectivity index (χ3v) is 16.3. The van der Waals surface area contributed by atoms with Gasteiger partial charge in [0.15, 0.2) is 29.8 Å². The van der Waals surface area contributed by atoms with Crippen LogP contribution in [0.4, 0.5) is 0 Å². The van der Waals surface area contributed by atoms with E-state index in [-0.39, 0.29) is 43.4 Å². The van der Waals surface area contributed by atoms with Crippen LogP contribution in [0.1, 0.15) is 75.6 Å². The summed E-state index contributed by atoms with van der Waals surface area (Å²) in [7, 11) is 6.40. The molecule has 364 valence electrons. The van der Waals surface area contributed by atoms with Gasteiger partial charge in [0.2, 0.25) is 0 Å². The van der Waals surface area contributed by atoms with Crippen molar-refractivity contribution in [1.82, 2.24) is 15.6 Å². The third-order valence-electron chi connectivity index (χ3n) is 13.5. The number of rotatable bonds is 17. The van der Waals surface area contributed by atoms with Crippen LogP contribution in [0.3, 0.4) is 0 Å². The van der Waals surface area contributed by atoms with Crippen molar-refractivity contribution in [3.8, 4) is 28.7 Å². The van der Waals surface area contributed by atoms with E-state index in [1.54, 1.807) is 50.7 Å². The molecule has 0 unspecified atom stereocenters. The maximum Gasteiger partial charge on any atom is 0.186 e. The number of aryl methyl sites for hydroxylation is 1. The number of phenols is 2. The molecule has 1 aromatic heterocycles. The molecule has 6 aromatic rings. The molecule has 7 N–H and O–H groups in total. The highest BCUT2D eigenvalue weighted by Crippen LogP contribution is 2.52. The van der Waals surface area contributed by atoms with Crippen molar-refractivity contribution in [2.75, 3.05) is 40.0 Å². The molecule has 0 spiro atoms. The lowest BCUT2D eigenvalue weighted by atomic mass is 9.69. The van der Waals surface area contributed by atoms with Gasteiger partial charge >= 0.3 is 0 Å². The van der Waals surface area contributed by atoms with E-state index in [4.69, 9.17) is 14.2 Å². The molecular weight excluding hydrogens is 911 g/mol. The van der Waals surface area contributed by atoms with Crippen LogP contribution in [-0.2, 0) is 48.9 Å². The number of β-amino-alcohol motifs (C(OH)–C–C–N with tert-alkyl or cyclic N) is 1. The maximum absolute atomic E-state index is 15.8. The van der Waals surface area contributed by atoms with Crippen LogP contribution in [0.2, 0.25) is 0 Å². The SMILES string of the molecule is CCc1ccc2ccccc2c1Cc1c(C[C@H](Cc2cc[n-]c2)[C@H](O)CC(=O)[C@@]2(c3cc(O)cc(CNC)c3)C=C[C@@H]3SSC[C@@](C)(O)CNCOc4c(OCO)ccc(c43)C2)ccc(O)c1OC. The van der Waals surface area contributed by atoms with Crippen LogP contribution >= 0.6 is 21.6 Å². The Hall–Kier alpha value is -5.45. The number of ketones is 1. The lowest BCUT2D eigenvalue weighted by molar-refractivity contribution is -0.125. The van der Waals surface area contributed by atoms with Gasteiger partial charge in [0.25, 0.3) is 0 Å². The molecule has 2 heterocycles. The highest BCUT2D eigenvalue weighted by Gasteiger charge is 2.44. The first-order chi connectivity index (χ1) is 33.4. The predicted octanol–water partition coefficient (Wildman–Crippen LogP) is 8.00. The second-order valence-corrected chi connectivity index (χ2v) is 20.9. The van der Waals surface area contributed by atoms with E-state index in [1.165, 1.54) is 27.2 Å². The number of ether oxygens (including phenoxy) is 3. The Morgan fingerprint density at radius 3 is 2.61 bits per heavy atom. The van der Waals surface area contributed by atoms with Gasteiger partial charge in [0, 0.05) is 42.8 Å². The molecular formula is C55H62N3O9S2-. The molecule has 0 amide bonds. The molecule has 0 saturated heterocycles. The highest BCUT2D eigenvalue weighted by molar-refractivity contribution is 8.76. The largest absolute Gasteiger partial charge is 0.670 e. The maximum atomic E-state index is 15.8. The third kappa shape index (κ3) is 11.1. The number of hydrogen-bond acceptors (Lipinski definition) is 13. The summed E-state index contributed by atoms with van der Waals surface area (Å²) in [6.45, 7) is 4.08. The van der Waals surface area contributed by atoms with Crippen molar-refractivity contribution in [2.45, 2.75) is 81.3 Å². The van der Waals surface area contributed by atoms with Crippen molar-refractivity contribution in [1.29, 1.82) is 0 Å². The lowest BCUT2D eigenvalue weighted by Gasteiger charge is -2.33. The lowest BCUT2D eigenvalue weighted by Crippen LogP contribution is -2.41. The van der Waals surface area contributed by atoms with E-state index >= 15 is 4.79 Å². The molecule has 14 heteroatoms. The first kappa shape index (κ1) is 50.0. The molecule has 0 saturated carbocycles. The zero-order chi connectivity index (χ0) is 48.7. The number of nitrogens with one attached hydrogen (secondary N) is 2. The standard InChI is InChI=1S/C55H62N3O9S2/c1-5-36-10-11-37-8-6-7-9-43(37)44(36)25-45-38(12-14-46(61)52(45)65-4)23-40(20-34-17-19-57-29-34)47(62)26-50(63)55(41-21-35(28-56-3)22-42(60)24-41)18-16-49-51-39(27-55)13-15-48(67-33-59)53(51)66-32-58-30-54(2,64)31-68-69-49/h6-19,21-22,24,29,40,47,49,56,58-62,64H,5,20,23,25-28,30-33H2,1-4H3/q-1/t40-,47+,49-,54-,55-/m0/s1. The van der Waals surface area contributed by atoms with E-state index in [9.17, 15) is 25.5 Å². The summed E-state index contributed by atoms with van der Waals surface area (Å²) in [5, 5.41) is 64.6. The number of aliphatic hydroxyl groups excluding tert-OH is 2. The number of methoxy groups -OCH3 is 1. The Labute approximate surface area is 411 Å². The Morgan fingerprint density at radius 1 is 1.01 bits per heavy atom. The van der Waals surface area contributed by atoms with Crippen molar-refractivity contribution < 1.29 is 44.5 Å². The van der Waals surface area contributed by atoms with Crippen LogP contribution in [0.25, 0.3) is 10.8 Å². The minimum atomic E-state index is -1.39. The zero-order valence-corrected chi connectivity index (χ0v) is 41.2. The van der Waals surface area contributed by atoms with Gasteiger partial charge in [-0.3, -0.25) is 10.1 Å². The number of aromatic hydroxyl groups is 2. The van der Waals surface area contributed by atoms with Crippen LogP contribution in [0, 0.1) is 5.92 Å². The van der Waals surface area contributed by atoms with Crippen molar-refractivity contribution in [3.05, 3.63) is 160 Å². The van der Waals surface area contributed by atoms with Crippen LogP contribution in [-0.4, -0.2) is 83.0 Å². The van der Waals surface area contributed by atoms with Gasteiger partial charge < -0.3 is 50.0 Å². The molecule has 5 aromatic carbocycles. The molecule has 5 atom stereocenters. The van der Waals surface area contributed by atoms with Gasteiger partial charge in [-0.25, -0.2) is 0 Å². The number of hydrogen-bond donors (Lipinski definition) is 7. The Kier molecular flexibility index (Phi) is 16.0. The first-order valence-corrected chi connectivity index (χ1v) is 25.8. The number of Topliss-reactive ketones (excluding diaryl/α,β-unsaturated/α-hetero) is 1. The molecule has 1 aliphatic heterocycles. The van der Waals surface area contributed by atoms with Gasteiger partial charge in [0.05, 0.1) is 29.5 Å². The van der Waals surface area contributed by atoms with Crippen molar-refractivity contribution in [3.63, 3.8) is 0 Å². The minimum Gasteiger partial charge on any atom is -0.670 e. The van der Waals surface area contributed by atoms with Crippen molar-refractivity contribution in [2.24, 2.45) is 5.92 Å². The number of carbonyl (C=O) groups is 1. The summed E-state index contributed by atoms with van der Waals surface area (Å²) < 4.78 is 18.0. The van der Waals surface area contributed by atoms with E-state index in [0.29, 0.717) is 54.4 Å². The first-order valence-electron chi connectivity index (χ1n) is 23.4. The quantitative estimate of drug-likeness (QED) is 0.0265. The summed E-state index contributed by atoms with van der Waals surface area (Å²) in [4.78, 5) is 20.1. The van der Waals surface area contributed by atoms with Gasteiger partial charge in [-0.15, -0.1) is 0 Å². The van der Waals surface area contributed by atoms with E-state index in [0.717, 1.165) is 56.1 Å². The topological polar surface area (TPSA) is 184 Å². The number of allylic oxidation sites excluding steroid dienone is 1. The van der Waals surface area contributed by atoms with Crippen LogP contribution in [0.15, 0.2) is 109 Å². The monoisotopic (exact) mass is 972 g/mol. The van der Waals surface area contributed by atoms with Gasteiger partial charge in [-0.1, -0.05) is 107 Å². The number of carbonyl (C=O) groups excluding carboxylic acids is 1. The number of aliphatic hydroxyl groups is 3. The fourth-order valence-electron chi connectivity index (χ4n) is 10.00. The van der Waals surface area contributed by atoms with E-state index in [1.807, 2.05) is 55.6 Å². The average Bonchev–Trinajstić information content (AvgIpc) is 3.78. The summed E-state index contributed by atoms with van der Waals surface area (Å²) in [5.74, 6) is 0.794. The molecule has 12 nitrogen and oxygen atoms in total. The number of nitrogens with zero attached hydrogens (tertiary/aromatic N) is 1. The summed E-state index contributed by atoms with van der Waals surface area (Å²) >= 11 is 0. The van der Waals surface area contributed by atoms with Crippen LogP contribution < -0.4 is 29.8 Å². The molecule has 0 bridgehead atoms. The van der Waals surface area contributed by atoms with Crippen LogP contribution in [0.5, 0.6) is 28.7 Å². The smallest absolute Gasteiger partial charge is 0.186 e. The predicted molar refractivity (Wildman–Crippen MR) is 274 cm³/mol. The minimum absolute atomic E-state index is 0.00352. The fraction of sp³-hybridized carbons (Fsp3) is 0.364. The molecule has 1 aliphatic carbocycles. The molecule has 2 aliphatic rings. The Bertz CT molecular complexity index is 2780. The highest BCUT2D eigenvalue weighted by atomic mass is 33.1. The van der Waals surface area contributed by atoms with Crippen molar-refractivity contribution >= 4 is 38.1 Å².